The Morgan fingerprint density at radius 1 is 1.15 bits per heavy atom. The predicted molar refractivity (Wildman–Crippen MR) is 123 cm³/mol. The molecule has 0 spiro atoms. The molecule has 34 heavy (non-hydrogen) atoms. The van der Waals surface area contributed by atoms with Crippen molar-refractivity contribution in [1.82, 2.24) is 5.32 Å². The van der Waals surface area contributed by atoms with Crippen molar-refractivity contribution in [2.75, 3.05) is 11.5 Å². The first-order valence-electron chi connectivity index (χ1n) is 10.1. The van der Waals surface area contributed by atoms with Crippen LogP contribution in [0.4, 0.5) is 10.5 Å². The number of anilines is 1. The number of halogens is 1. The number of hydrogen-bond acceptors (Lipinski definition) is 6. The molecule has 172 valence electrons. The van der Waals surface area contributed by atoms with E-state index in [1.54, 1.807) is 31.2 Å². The highest BCUT2D eigenvalue weighted by atomic mass is 35.5. The van der Waals surface area contributed by atoms with Gasteiger partial charge in [0.2, 0.25) is 0 Å². The molecule has 2 N–H and O–H groups in total. The molecule has 1 saturated heterocycles. The Bertz CT molecular complexity index is 1360. The molecule has 1 aliphatic rings. The van der Waals surface area contributed by atoms with E-state index in [2.05, 4.69) is 5.32 Å². The van der Waals surface area contributed by atoms with Crippen LogP contribution >= 0.6 is 11.6 Å². The normalized spacial score (nSPS) is 14.9. The zero-order valence-electron chi connectivity index (χ0n) is 17.7. The van der Waals surface area contributed by atoms with E-state index in [0.29, 0.717) is 23.7 Å². The summed E-state index contributed by atoms with van der Waals surface area (Å²) in [5.41, 5.74) is 0.326. The highest BCUT2D eigenvalue weighted by Gasteiger charge is 2.38. The standard InChI is InChI=1S/C24H17ClN2O7/c1-2-33-20-6-4-3-5-18(20)27-22(29)16(21(28)26-24(27)32)12-14-8-10-19(34-14)13-7-9-15(23(30)31)17(25)11-13/h3-12H,2H2,1H3,(H,30,31)(H,26,28,32)/b16-12+. The van der Waals surface area contributed by atoms with Crippen molar-refractivity contribution in [3.05, 3.63) is 76.5 Å². The van der Waals surface area contributed by atoms with E-state index >= 15 is 0 Å². The molecule has 3 aromatic rings. The lowest BCUT2D eigenvalue weighted by Crippen LogP contribution is -2.54. The number of urea groups is 1. The quantitative estimate of drug-likeness (QED) is 0.396. The number of barbiturate groups is 1. The number of para-hydroxylation sites is 2. The highest BCUT2D eigenvalue weighted by molar-refractivity contribution is 6.39. The van der Waals surface area contributed by atoms with Gasteiger partial charge in [-0.05, 0) is 49.4 Å². The van der Waals surface area contributed by atoms with Crippen LogP contribution in [0, 0.1) is 0 Å². The highest BCUT2D eigenvalue weighted by Crippen LogP contribution is 2.32. The lowest BCUT2D eigenvalue weighted by atomic mass is 10.1. The smallest absolute Gasteiger partial charge is 0.337 e. The van der Waals surface area contributed by atoms with E-state index in [9.17, 15) is 19.2 Å². The van der Waals surface area contributed by atoms with Crippen LogP contribution < -0.4 is 15.0 Å². The summed E-state index contributed by atoms with van der Waals surface area (Å²) in [5.74, 6) is -2.06. The van der Waals surface area contributed by atoms with Crippen LogP contribution in [-0.4, -0.2) is 35.5 Å². The van der Waals surface area contributed by atoms with E-state index in [-0.39, 0.29) is 27.6 Å². The molecule has 2 aromatic carbocycles. The number of carbonyl (C=O) groups is 4. The number of imide groups is 2. The van der Waals surface area contributed by atoms with E-state index in [0.717, 1.165) is 4.90 Å². The van der Waals surface area contributed by atoms with Gasteiger partial charge >= 0.3 is 12.0 Å². The Balaban J connectivity index is 1.67. The summed E-state index contributed by atoms with van der Waals surface area (Å²) in [4.78, 5) is 50.0. The molecule has 10 heteroatoms. The van der Waals surface area contributed by atoms with E-state index in [1.165, 1.54) is 36.4 Å². The molecule has 4 rings (SSSR count). The van der Waals surface area contributed by atoms with Gasteiger partial charge in [0.1, 0.15) is 22.8 Å². The van der Waals surface area contributed by atoms with Gasteiger partial charge in [0.25, 0.3) is 11.8 Å². The Kier molecular flexibility index (Phi) is 6.20. The predicted octanol–water partition coefficient (Wildman–Crippen LogP) is 4.36. The summed E-state index contributed by atoms with van der Waals surface area (Å²) in [6, 6.07) is 13.0. The monoisotopic (exact) mass is 480 g/mol. The SMILES string of the molecule is CCOc1ccccc1N1C(=O)NC(=O)/C(=C\c2ccc(-c3ccc(C(=O)O)c(Cl)c3)o2)C1=O. The molecule has 1 fully saturated rings. The summed E-state index contributed by atoms with van der Waals surface area (Å²) < 4.78 is 11.2. The number of hydrogen-bond donors (Lipinski definition) is 2. The van der Waals surface area contributed by atoms with E-state index < -0.39 is 23.8 Å². The second-order valence-electron chi connectivity index (χ2n) is 7.06. The maximum absolute atomic E-state index is 13.1. The van der Waals surface area contributed by atoms with E-state index in [4.69, 9.17) is 25.9 Å². The third-order valence-corrected chi connectivity index (χ3v) is 5.22. The van der Waals surface area contributed by atoms with Gasteiger partial charge in [-0.25, -0.2) is 14.5 Å². The lowest BCUT2D eigenvalue weighted by molar-refractivity contribution is -0.122. The van der Waals surface area contributed by atoms with Crippen molar-refractivity contribution in [3.8, 4) is 17.1 Å². The van der Waals surface area contributed by atoms with Gasteiger partial charge < -0.3 is 14.3 Å². The average Bonchev–Trinajstić information content (AvgIpc) is 3.26. The zero-order valence-corrected chi connectivity index (χ0v) is 18.5. The molecule has 0 aliphatic carbocycles. The number of carbonyl (C=O) groups excluding carboxylic acids is 3. The van der Waals surface area contributed by atoms with Gasteiger partial charge in [0.05, 0.1) is 22.9 Å². The van der Waals surface area contributed by atoms with Crippen molar-refractivity contribution >= 4 is 47.2 Å². The van der Waals surface area contributed by atoms with Crippen molar-refractivity contribution in [1.29, 1.82) is 0 Å². The first-order valence-corrected chi connectivity index (χ1v) is 10.4. The van der Waals surface area contributed by atoms with Crippen molar-refractivity contribution in [3.63, 3.8) is 0 Å². The molecule has 1 aromatic heterocycles. The molecule has 1 aliphatic heterocycles. The minimum absolute atomic E-state index is 0.0326. The first-order chi connectivity index (χ1) is 16.3. The summed E-state index contributed by atoms with van der Waals surface area (Å²) in [6.45, 7) is 2.08. The Morgan fingerprint density at radius 2 is 1.91 bits per heavy atom. The maximum Gasteiger partial charge on any atom is 0.337 e. The number of benzene rings is 2. The third kappa shape index (κ3) is 4.28. The van der Waals surface area contributed by atoms with Crippen LogP contribution in [0.1, 0.15) is 23.0 Å². The minimum atomic E-state index is -1.16. The van der Waals surface area contributed by atoms with Gasteiger partial charge in [-0.3, -0.25) is 14.9 Å². The Morgan fingerprint density at radius 3 is 2.62 bits per heavy atom. The minimum Gasteiger partial charge on any atom is -0.492 e. The van der Waals surface area contributed by atoms with Crippen molar-refractivity contribution in [2.24, 2.45) is 0 Å². The number of nitrogens with one attached hydrogen (secondary N) is 1. The van der Waals surface area contributed by atoms with Gasteiger partial charge in [0, 0.05) is 5.56 Å². The average molecular weight is 481 g/mol. The van der Waals surface area contributed by atoms with Gasteiger partial charge in [-0.15, -0.1) is 0 Å². The Hall–Kier alpha value is -4.37. The summed E-state index contributed by atoms with van der Waals surface area (Å²) in [7, 11) is 0. The van der Waals surface area contributed by atoms with Crippen LogP contribution in [0.3, 0.4) is 0 Å². The largest absolute Gasteiger partial charge is 0.492 e. The molecule has 0 bridgehead atoms. The molecule has 9 nitrogen and oxygen atoms in total. The van der Waals surface area contributed by atoms with Gasteiger partial charge in [-0.1, -0.05) is 29.8 Å². The van der Waals surface area contributed by atoms with Gasteiger partial charge in [-0.2, -0.15) is 0 Å². The number of amides is 4. The molecule has 4 amide bonds. The van der Waals surface area contributed by atoms with Crippen LogP contribution in [0.2, 0.25) is 5.02 Å². The number of rotatable bonds is 6. The maximum atomic E-state index is 13.1. The third-order valence-electron chi connectivity index (χ3n) is 4.91. The fourth-order valence-electron chi connectivity index (χ4n) is 3.37. The van der Waals surface area contributed by atoms with Crippen LogP contribution in [-0.2, 0) is 9.59 Å². The lowest BCUT2D eigenvalue weighted by Gasteiger charge is -2.27. The number of aromatic carboxylic acids is 1. The summed E-state index contributed by atoms with van der Waals surface area (Å²) >= 11 is 6.02. The summed E-state index contributed by atoms with van der Waals surface area (Å²) in [6.07, 6.45) is 1.22. The number of nitrogens with zero attached hydrogens (tertiary/aromatic N) is 1. The molecule has 2 heterocycles. The van der Waals surface area contributed by atoms with Crippen molar-refractivity contribution < 1.29 is 33.4 Å². The van der Waals surface area contributed by atoms with Crippen LogP contribution in [0.15, 0.2) is 64.6 Å². The number of ether oxygens (including phenoxy) is 1. The molecular formula is C24H17ClN2O7. The number of carboxylic acids is 1. The molecular weight excluding hydrogens is 464 g/mol. The fourth-order valence-corrected chi connectivity index (χ4v) is 3.63. The second-order valence-corrected chi connectivity index (χ2v) is 7.47. The first kappa shape index (κ1) is 22.8. The number of carboxylic acid groups (broad SMARTS) is 1. The van der Waals surface area contributed by atoms with Crippen LogP contribution in [0.5, 0.6) is 5.75 Å². The molecule has 0 radical (unpaired) electrons. The van der Waals surface area contributed by atoms with Crippen molar-refractivity contribution in [2.45, 2.75) is 6.92 Å². The second kappa shape index (κ2) is 9.24. The Labute approximate surface area is 198 Å². The molecule has 0 unspecified atom stereocenters. The topological polar surface area (TPSA) is 126 Å². The fraction of sp³-hybridized carbons (Fsp3) is 0.0833. The molecule has 0 saturated carbocycles. The van der Waals surface area contributed by atoms with E-state index in [1.807, 2.05) is 0 Å². The van der Waals surface area contributed by atoms with Crippen LogP contribution in [0.25, 0.3) is 17.4 Å². The zero-order chi connectivity index (χ0) is 24.4. The summed E-state index contributed by atoms with van der Waals surface area (Å²) in [5, 5.41) is 11.3. The number of furan rings is 1. The van der Waals surface area contributed by atoms with Gasteiger partial charge in [0.15, 0.2) is 0 Å². The molecule has 0 atom stereocenters.